The maximum atomic E-state index is 15.5. The van der Waals surface area contributed by atoms with Crippen molar-refractivity contribution in [1.29, 1.82) is 5.26 Å². The second kappa shape index (κ2) is 16.2. The monoisotopic (exact) mass is 819 g/mol. The molecule has 306 valence electrons. The number of hydrogen-bond donors (Lipinski definition) is 3. The summed E-state index contributed by atoms with van der Waals surface area (Å²) in [5.74, 6) is -1.20. The van der Waals surface area contributed by atoms with E-state index in [4.69, 9.17) is 11.6 Å². The quantitative estimate of drug-likeness (QED) is 0.208. The summed E-state index contributed by atoms with van der Waals surface area (Å²) < 4.78 is 15.5. The summed E-state index contributed by atoms with van der Waals surface area (Å²) in [5, 5.41) is 16.1. The molecule has 0 aliphatic carbocycles. The van der Waals surface area contributed by atoms with E-state index < -0.39 is 23.7 Å². The van der Waals surface area contributed by atoms with E-state index in [9.17, 15) is 24.4 Å². The summed E-state index contributed by atoms with van der Waals surface area (Å²) in [5.41, 5.74) is 5.79. The van der Waals surface area contributed by atoms with Gasteiger partial charge in [0.1, 0.15) is 17.9 Å². The van der Waals surface area contributed by atoms with E-state index in [-0.39, 0.29) is 29.8 Å². The number of carbonyl (C=O) groups is 4. The molecule has 15 heteroatoms. The minimum absolute atomic E-state index is 0.0580. The number of amides is 4. The number of carbonyl (C=O) groups excluding carboxylic acids is 4. The molecule has 4 fully saturated rings. The molecule has 13 nitrogen and oxygen atoms in total. The highest BCUT2D eigenvalue weighted by atomic mass is 35.5. The lowest BCUT2D eigenvalue weighted by Crippen LogP contribution is -2.52. The van der Waals surface area contributed by atoms with Crippen molar-refractivity contribution in [1.82, 2.24) is 25.4 Å². The van der Waals surface area contributed by atoms with Crippen LogP contribution >= 0.6 is 11.6 Å². The van der Waals surface area contributed by atoms with Crippen LogP contribution in [0.15, 0.2) is 54.7 Å². The normalized spacial score (nSPS) is 20.9. The SMILES string of the molecule is N#Cc1c[nH]c2c(N3CCC(NC(=O)c4ccc(N5CCC(CN6CCN(c7ccc8c(c7)CN(C7CCC(=O)NC7=O)C8=O)CC6)CC5)cc4F)CC3)ccc(Cl)c12. The molecule has 0 saturated carbocycles. The standard InChI is InChI=1S/C44H47ClFN9O4/c45-35-5-6-37(41-40(35)29(23-47)24-48-41)54-15-11-30(12-16-54)49-42(57)34-4-2-32(22-36(34)46)52-13-9-27(10-14-52)25-51-17-19-53(20-18-51)31-1-3-33-28(21-31)26-55(44(33)59)38-7-8-39(56)50-43(38)58/h1-6,21-22,24,27,30,38,48H,7-20,25-26H2,(H,49,57)(H,50,56,58). The Hall–Kier alpha value is -5.65. The number of anilines is 3. The highest BCUT2D eigenvalue weighted by molar-refractivity contribution is 6.36. The third kappa shape index (κ3) is 7.69. The van der Waals surface area contributed by atoms with Gasteiger partial charge in [-0.3, -0.25) is 29.4 Å². The molecule has 4 amide bonds. The molecule has 3 N–H and O–H groups in total. The molecule has 0 bridgehead atoms. The van der Waals surface area contributed by atoms with Crippen LogP contribution in [0.25, 0.3) is 10.9 Å². The molecule has 4 saturated heterocycles. The first-order valence-corrected chi connectivity index (χ1v) is 21.1. The third-order valence-corrected chi connectivity index (χ3v) is 13.3. The van der Waals surface area contributed by atoms with Crippen molar-refractivity contribution in [2.45, 2.75) is 57.2 Å². The van der Waals surface area contributed by atoms with E-state index in [1.165, 1.54) is 6.07 Å². The molecule has 9 rings (SSSR count). The zero-order valence-corrected chi connectivity index (χ0v) is 33.6. The molecule has 1 unspecified atom stereocenters. The number of rotatable bonds is 8. The van der Waals surface area contributed by atoms with E-state index in [1.807, 2.05) is 30.3 Å². The maximum Gasteiger partial charge on any atom is 0.255 e. The lowest BCUT2D eigenvalue weighted by molar-refractivity contribution is -0.136. The Labute approximate surface area is 347 Å². The molecule has 1 atom stereocenters. The summed E-state index contributed by atoms with van der Waals surface area (Å²) in [6, 6.07) is 16.2. The largest absolute Gasteiger partial charge is 0.371 e. The Morgan fingerprint density at radius 1 is 0.864 bits per heavy atom. The van der Waals surface area contributed by atoms with Crippen molar-refractivity contribution in [2.75, 3.05) is 73.6 Å². The number of hydrogen-bond acceptors (Lipinski definition) is 9. The van der Waals surface area contributed by atoms with Gasteiger partial charge in [0.05, 0.1) is 27.4 Å². The van der Waals surface area contributed by atoms with Crippen LogP contribution in [0.5, 0.6) is 0 Å². The highest BCUT2D eigenvalue weighted by Gasteiger charge is 2.39. The van der Waals surface area contributed by atoms with Gasteiger partial charge >= 0.3 is 0 Å². The van der Waals surface area contributed by atoms with Crippen LogP contribution in [0.1, 0.15) is 70.4 Å². The van der Waals surface area contributed by atoms with Gasteiger partial charge in [-0.15, -0.1) is 0 Å². The van der Waals surface area contributed by atoms with Crippen LogP contribution in [0.4, 0.5) is 21.5 Å². The number of piperazine rings is 1. The topological polar surface area (TPSA) is 148 Å². The molecule has 3 aromatic carbocycles. The molecule has 4 aromatic rings. The second-order valence-corrected chi connectivity index (χ2v) is 16.9. The number of nitrogens with one attached hydrogen (secondary N) is 3. The van der Waals surface area contributed by atoms with Gasteiger partial charge in [0.2, 0.25) is 11.8 Å². The molecular weight excluding hydrogens is 773 g/mol. The first-order chi connectivity index (χ1) is 28.6. The molecule has 6 heterocycles. The van der Waals surface area contributed by atoms with E-state index in [1.54, 1.807) is 17.2 Å². The van der Waals surface area contributed by atoms with Crippen molar-refractivity contribution in [3.63, 3.8) is 0 Å². The van der Waals surface area contributed by atoms with Crippen LogP contribution in [0.2, 0.25) is 5.02 Å². The molecule has 1 aromatic heterocycles. The zero-order valence-electron chi connectivity index (χ0n) is 32.8. The van der Waals surface area contributed by atoms with Crippen molar-refractivity contribution >= 4 is 63.2 Å². The maximum absolute atomic E-state index is 15.5. The predicted molar refractivity (Wildman–Crippen MR) is 223 cm³/mol. The molecule has 5 aliphatic rings. The van der Waals surface area contributed by atoms with E-state index in [0.29, 0.717) is 61.0 Å². The number of nitriles is 1. The lowest BCUT2D eigenvalue weighted by Gasteiger charge is -2.40. The Bertz CT molecular complexity index is 2360. The van der Waals surface area contributed by atoms with Crippen LogP contribution < -0.4 is 25.3 Å². The van der Waals surface area contributed by atoms with Crippen molar-refractivity contribution in [3.05, 3.63) is 87.8 Å². The number of fused-ring (bicyclic) bond motifs is 2. The van der Waals surface area contributed by atoms with Crippen LogP contribution in [-0.4, -0.2) is 109 Å². The van der Waals surface area contributed by atoms with Crippen LogP contribution in [0, 0.1) is 23.1 Å². The Morgan fingerprint density at radius 3 is 2.31 bits per heavy atom. The minimum Gasteiger partial charge on any atom is -0.371 e. The van der Waals surface area contributed by atoms with Crippen molar-refractivity contribution < 1.29 is 23.6 Å². The minimum atomic E-state index is -0.616. The van der Waals surface area contributed by atoms with Gasteiger partial charge < -0.3 is 29.9 Å². The van der Waals surface area contributed by atoms with Crippen LogP contribution in [0.3, 0.4) is 0 Å². The van der Waals surface area contributed by atoms with Crippen LogP contribution in [-0.2, 0) is 16.1 Å². The van der Waals surface area contributed by atoms with Gasteiger partial charge in [-0.1, -0.05) is 11.6 Å². The fourth-order valence-electron chi connectivity index (χ4n) is 9.64. The van der Waals surface area contributed by atoms with Crippen molar-refractivity contribution in [3.8, 4) is 6.07 Å². The average Bonchev–Trinajstić information content (AvgIpc) is 3.83. The summed E-state index contributed by atoms with van der Waals surface area (Å²) in [6.45, 7) is 8.10. The first-order valence-electron chi connectivity index (χ1n) is 20.7. The smallest absolute Gasteiger partial charge is 0.255 e. The summed E-state index contributed by atoms with van der Waals surface area (Å²) >= 11 is 6.40. The third-order valence-electron chi connectivity index (χ3n) is 13.0. The highest BCUT2D eigenvalue weighted by Crippen LogP contribution is 2.36. The Morgan fingerprint density at radius 2 is 1.58 bits per heavy atom. The molecular formula is C44H47ClFN9O4. The Kier molecular flexibility index (Phi) is 10.7. The fourth-order valence-corrected chi connectivity index (χ4v) is 9.90. The number of nitrogens with zero attached hydrogens (tertiary/aromatic N) is 6. The zero-order chi connectivity index (χ0) is 40.8. The molecule has 5 aliphatic heterocycles. The van der Waals surface area contributed by atoms with Crippen molar-refractivity contribution in [2.24, 2.45) is 5.92 Å². The molecule has 59 heavy (non-hydrogen) atoms. The van der Waals surface area contributed by atoms with E-state index >= 15 is 4.39 Å². The number of piperidine rings is 3. The van der Waals surface area contributed by atoms with Gasteiger partial charge in [0.15, 0.2) is 0 Å². The fraction of sp³-hybridized carbons (Fsp3) is 0.432. The van der Waals surface area contributed by atoms with Gasteiger partial charge in [-0.25, -0.2) is 4.39 Å². The van der Waals surface area contributed by atoms with Gasteiger partial charge in [-0.05, 0) is 92.1 Å². The first kappa shape index (κ1) is 38.8. The molecule has 0 spiro atoms. The van der Waals surface area contributed by atoms with E-state index in [2.05, 4.69) is 47.4 Å². The van der Waals surface area contributed by atoms with Gasteiger partial charge in [0.25, 0.3) is 11.8 Å². The van der Waals surface area contributed by atoms with Gasteiger partial charge in [0, 0.05) is 106 Å². The summed E-state index contributed by atoms with van der Waals surface area (Å²) in [4.78, 5) is 64.5. The number of imide groups is 1. The summed E-state index contributed by atoms with van der Waals surface area (Å²) in [6.07, 6.45) is 5.70. The lowest BCUT2D eigenvalue weighted by atomic mass is 9.95. The Balaban J connectivity index is 0.718. The summed E-state index contributed by atoms with van der Waals surface area (Å²) in [7, 11) is 0. The number of aromatic amines is 1. The number of halogens is 2. The van der Waals surface area contributed by atoms with E-state index in [0.717, 1.165) is 92.2 Å². The molecule has 0 radical (unpaired) electrons. The second-order valence-electron chi connectivity index (χ2n) is 16.5. The number of benzene rings is 3. The van der Waals surface area contributed by atoms with Gasteiger partial charge in [-0.2, -0.15) is 5.26 Å². The average molecular weight is 820 g/mol. The number of H-pyrrole nitrogens is 1. The predicted octanol–water partition coefficient (Wildman–Crippen LogP) is 5.03. The number of aromatic nitrogens is 1.